The first kappa shape index (κ1) is 15.4. The normalized spacial score (nSPS) is 10.7. The molecule has 0 unspecified atom stereocenters. The number of para-hydroxylation sites is 1. The van der Waals surface area contributed by atoms with Gasteiger partial charge in [0.1, 0.15) is 5.75 Å². The molecule has 0 atom stereocenters. The highest BCUT2D eigenvalue weighted by molar-refractivity contribution is 5.52. The van der Waals surface area contributed by atoms with Crippen LogP contribution in [0.25, 0.3) is 0 Å². The Kier molecular flexibility index (Phi) is 5.26. The Hall–Kier alpha value is -1.96. The number of nitrogens with one attached hydrogen (secondary N) is 1. The maximum atomic E-state index is 5.90. The van der Waals surface area contributed by atoms with E-state index in [1.54, 1.807) is 0 Å². The molecule has 0 radical (unpaired) electrons. The second kappa shape index (κ2) is 7.16. The SMILES string of the molecule is Cc1ccc(NCc2ccccc2OCC(C)C)c(C)c1. The average molecular weight is 283 g/mol. The minimum absolute atomic E-state index is 0.533. The van der Waals surface area contributed by atoms with Gasteiger partial charge in [-0.1, -0.05) is 49.7 Å². The minimum Gasteiger partial charge on any atom is -0.493 e. The number of benzene rings is 2. The van der Waals surface area contributed by atoms with Crippen LogP contribution in [0.3, 0.4) is 0 Å². The summed E-state index contributed by atoms with van der Waals surface area (Å²) < 4.78 is 5.90. The Morgan fingerprint density at radius 2 is 1.81 bits per heavy atom. The lowest BCUT2D eigenvalue weighted by Gasteiger charge is -2.15. The van der Waals surface area contributed by atoms with Crippen molar-refractivity contribution in [3.8, 4) is 5.75 Å². The highest BCUT2D eigenvalue weighted by atomic mass is 16.5. The summed E-state index contributed by atoms with van der Waals surface area (Å²) in [5.41, 5.74) is 4.94. The van der Waals surface area contributed by atoms with Gasteiger partial charge in [0.25, 0.3) is 0 Å². The average Bonchev–Trinajstić information content (AvgIpc) is 2.45. The number of hydrogen-bond donors (Lipinski definition) is 1. The molecule has 112 valence electrons. The topological polar surface area (TPSA) is 21.3 Å². The predicted molar refractivity (Wildman–Crippen MR) is 90.0 cm³/mol. The van der Waals surface area contributed by atoms with Crippen molar-refractivity contribution in [2.24, 2.45) is 5.92 Å². The fraction of sp³-hybridized carbons (Fsp3) is 0.368. The van der Waals surface area contributed by atoms with Gasteiger partial charge in [-0.05, 0) is 37.5 Å². The third-order valence-electron chi connectivity index (χ3n) is 3.40. The second-order valence-electron chi connectivity index (χ2n) is 5.98. The largest absolute Gasteiger partial charge is 0.493 e. The van der Waals surface area contributed by atoms with Crippen LogP contribution in [0.1, 0.15) is 30.5 Å². The number of rotatable bonds is 6. The van der Waals surface area contributed by atoms with Crippen LogP contribution in [0.5, 0.6) is 5.75 Å². The lowest BCUT2D eigenvalue weighted by Crippen LogP contribution is -2.08. The van der Waals surface area contributed by atoms with Gasteiger partial charge >= 0.3 is 0 Å². The number of anilines is 1. The summed E-state index contributed by atoms with van der Waals surface area (Å²) >= 11 is 0. The molecule has 0 spiro atoms. The van der Waals surface area contributed by atoms with Gasteiger partial charge < -0.3 is 10.1 Å². The molecule has 2 aromatic rings. The lowest BCUT2D eigenvalue weighted by molar-refractivity contribution is 0.269. The molecular weight excluding hydrogens is 258 g/mol. The van der Waals surface area contributed by atoms with Gasteiger partial charge in [0.05, 0.1) is 6.61 Å². The van der Waals surface area contributed by atoms with E-state index in [1.165, 1.54) is 22.4 Å². The smallest absolute Gasteiger partial charge is 0.124 e. The van der Waals surface area contributed by atoms with E-state index >= 15 is 0 Å². The van der Waals surface area contributed by atoms with Crippen LogP contribution < -0.4 is 10.1 Å². The van der Waals surface area contributed by atoms with Gasteiger partial charge in [0, 0.05) is 17.8 Å². The highest BCUT2D eigenvalue weighted by Gasteiger charge is 2.05. The summed E-state index contributed by atoms with van der Waals surface area (Å²) in [4.78, 5) is 0. The minimum atomic E-state index is 0.533. The van der Waals surface area contributed by atoms with Gasteiger partial charge in [-0.3, -0.25) is 0 Å². The predicted octanol–water partition coefficient (Wildman–Crippen LogP) is 4.95. The molecule has 0 aliphatic heterocycles. The zero-order valence-electron chi connectivity index (χ0n) is 13.4. The number of hydrogen-bond acceptors (Lipinski definition) is 2. The van der Waals surface area contributed by atoms with Gasteiger partial charge in [0.2, 0.25) is 0 Å². The zero-order chi connectivity index (χ0) is 15.2. The molecule has 0 saturated heterocycles. The molecule has 0 saturated carbocycles. The van der Waals surface area contributed by atoms with E-state index in [0.717, 1.165) is 18.9 Å². The molecule has 1 N–H and O–H groups in total. The molecule has 0 amide bonds. The van der Waals surface area contributed by atoms with E-state index < -0.39 is 0 Å². The molecule has 2 heteroatoms. The summed E-state index contributed by atoms with van der Waals surface area (Å²) in [6.45, 7) is 10.1. The molecule has 21 heavy (non-hydrogen) atoms. The highest BCUT2D eigenvalue weighted by Crippen LogP contribution is 2.22. The van der Waals surface area contributed by atoms with Crippen LogP contribution in [0.4, 0.5) is 5.69 Å². The van der Waals surface area contributed by atoms with Crippen LogP contribution in [0, 0.1) is 19.8 Å². The quantitative estimate of drug-likeness (QED) is 0.810. The second-order valence-corrected chi connectivity index (χ2v) is 5.98. The Balaban J connectivity index is 2.05. The first-order valence-corrected chi connectivity index (χ1v) is 7.58. The van der Waals surface area contributed by atoms with Gasteiger partial charge in [-0.15, -0.1) is 0 Å². The van der Waals surface area contributed by atoms with Crippen molar-refractivity contribution >= 4 is 5.69 Å². The summed E-state index contributed by atoms with van der Waals surface area (Å²) in [5, 5.41) is 3.50. The Morgan fingerprint density at radius 1 is 1.05 bits per heavy atom. The molecule has 0 aliphatic carbocycles. The molecule has 0 bridgehead atoms. The van der Waals surface area contributed by atoms with E-state index in [-0.39, 0.29) is 0 Å². The molecule has 0 heterocycles. The summed E-state index contributed by atoms with van der Waals surface area (Å²) in [6.07, 6.45) is 0. The molecule has 2 rings (SSSR count). The molecule has 0 fully saturated rings. The first-order valence-electron chi connectivity index (χ1n) is 7.58. The van der Waals surface area contributed by atoms with E-state index in [2.05, 4.69) is 63.3 Å². The monoisotopic (exact) mass is 283 g/mol. The Morgan fingerprint density at radius 3 is 2.52 bits per heavy atom. The molecule has 2 nitrogen and oxygen atoms in total. The Bertz CT molecular complexity index is 590. The first-order chi connectivity index (χ1) is 10.1. The third-order valence-corrected chi connectivity index (χ3v) is 3.40. The lowest BCUT2D eigenvalue weighted by atomic mass is 10.1. The van der Waals surface area contributed by atoms with E-state index in [0.29, 0.717) is 5.92 Å². The maximum absolute atomic E-state index is 5.90. The van der Waals surface area contributed by atoms with Crippen molar-refractivity contribution in [2.75, 3.05) is 11.9 Å². The van der Waals surface area contributed by atoms with Crippen LogP contribution in [0.2, 0.25) is 0 Å². The molecular formula is C19H25NO. The van der Waals surface area contributed by atoms with E-state index in [4.69, 9.17) is 4.74 Å². The molecule has 0 aliphatic rings. The fourth-order valence-electron chi connectivity index (χ4n) is 2.25. The van der Waals surface area contributed by atoms with E-state index in [9.17, 15) is 0 Å². The van der Waals surface area contributed by atoms with Crippen molar-refractivity contribution in [1.29, 1.82) is 0 Å². The van der Waals surface area contributed by atoms with Crippen LogP contribution >= 0.6 is 0 Å². The molecule has 2 aromatic carbocycles. The van der Waals surface area contributed by atoms with Gasteiger partial charge in [0.15, 0.2) is 0 Å². The Labute approximate surface area is 128 Å². The maximum Gasteiger partial charge on any atom is 0.124 e. The van der Waals surface area contributed by atoms with Crippen molar-refractivity contribution in [1.82, 2.24) is 0 Å². The number of aryl methyl sites for hydroxylation is 2. The van der Waals surface area contributed by atoms with Gasteiger partial charge in [-0.2, -0.15) is 0 Å². The van der Waals surface area contributed by atoms with Gasteiger partial charge in [-0.25, -0.2) is 0 Å². The fourth-order valence-corrected chi connectivity index (χ4v) is 2.25. The summed E-state index contributed by atoms with van der Waals surface area (Å²) in [7, 11) is 0. The van der Waals surface area contributed by atoms with Crippen LogP contribution in [-0.4, -0.2) is 6.61 Å². The van der Waals surface area contributed by atoms with Crippen molar-refractivity contribution in [3.63, 3.8) is 0 Å². The third kappa shape index (κ3) is 4.52. The zero-order valence-corrected chi connectivity index (χ0v) is 13.4. The standard InChI is InChI=1S/C19H25NO/c1-14(2)13-21-19-8-6-5-7-17(19)12-20-18-10-9-15(3)11-16(18)4/h5-11,14,20H,12-13H2,1-4H3. The van der Waals surface area contributed by atoms with Crippen molar-refractivity contribution in [3.05, 3.63) is 59.2 Å². The van der Waals surface area contributed by atoms with Crippen LogP contribution in [0.15, 0.2) is 42.5 Å². The van der Waals surface area contributed by atoms with Crippen LogP contribution in [-0.2, 0) is 6.54 Å². The molecule has 0 aromatic heterocycles. The van der Waals surface area contributed by atoms with E-state index in [1.807, 2.05) is 12.1 Å². The van der Waals surface area contributed by atoms with Crippen molar-refractivity contribution in [2.45, 2.75) is 34.2 Å². The summed E-state index contributed by atoms with van der Waals surface area (Å²) in [5.74, 6) is 1.51. The van der Waals surface area contributed by atoms with Crippen molar-refractivity contribution < 1.29 is 4.74 Å². The summed E-state index contributed by atoms with van der Waals surface area (Å²) in [6, 6.07) is 14.7. The number of ether oxygens (including phenoxy) is 1.